The van der Waals surface area contributed by atoms with E-state index in [4.69, 9.17) is 0 Å². The summed E-state index contributed by atoms with van der Waals surface area (Å²) < 4.78 is 60.2. The molecule has 78 valence electrons. The van der Waals surface area contributed by atoms with Gasteiger partial charge in [-0.25, -0.2) is 21.6 Å². The molecule has 0 radical (unpaired) electrons. The van der Waals surface area contributed by atoms with E-state index in [0.29, 0.717) is 0 Å². The smallest absolute Gasteiger partial charge is 0.171 e. The Morgan fingerprint density at radius 2 is 1.29 bits per heavy atom. The third kappa shape index (κ3) is 1.50. The molecule has 0 N–H and O–H groups in total. The van der Waals surface area contributed by atoms with E-state index in [1.807, 2.05) is 0 Å². The Morgan fingerprint density at radius 3 is 1.71 bits per heavy atom. The summed E-state index contributed by atoms with van der Waals surface area (Å²) in [6.07, 6.45) is 0. The molecule has 0 saturated heterocycles. The van der Waals surface area contributed by atoms with Crippen LogP contribution >= 0.6 is 0 Å². The average molecular weight is 224 g/mol. The van der Waals surface area contributed by atoms with Gasteiger partial charge in [-0.1, -0.05) is 0 Å². The van der Waals surface area contributed by atoms with E-state index in [-0.39, 0.29) is 0 Å². The van der Waals surface area contributed by atoms with E-state index in [0.717, 1.165) is 13.8 Å². The van der Waals surface area contributed by atoms with Gasteiger partial charge in [0, 0.05) is 11.1 Å². The van der Waals surface area contributed by atoms with Crippen LogP contribution in [-0.4, -0.2) is 8.42 Å². The third-order valence-corrected chi connectivity index (χ3v) is 2.82. The SMILES string of the molecule is Cc1c(F)c(F)c(C)c([SH](=O)=O)c1F. The molecule has 0 fully saturated rings. The second-order valence-corrected chi connectivity index (χ2v) is 3.76. The summed E-state index contributed by atoms with van der Waals surface area (Å²) in [5.74, 6) is -3.89. The molecule has 0 aliphatic heterocycles. The Hall–Kier alpha value is -1.04. The minimum absolute atomic E-state index is 0.526. The maximum Gasteiger partial charge on any atom is 0.171 e. The van der Waals surface area contributed by atoms with Gasteiger partial charge >= 0.3 is 0 Å². The standard InChI is InChI=1S/C8H7F3O2S/c1-3-5(9)6(10)4(2)8(7(3)11)14(12)13/h14H,1-2H3. The number of thiol groups is 1. The molecule has 0 spiro atoms. The van der Waals surface area contributed by atoms with Crippen LogP contribution in [-0.2, 0) is 10.7 Å². The van der Waals surface area contributed by atoms with Crippen molar-refractivity contribution < 1.29 is 21.6 Å². The van der Waals surface area contributed by atoms with Gasteiger partial charge in [0.15, 0.2) is 22.3 Å². The van der Waals surface area contributed by atoms with Crippen molar-refractivity contribution in [3.63, 3.8) is 0 Å². The summed E-state index contributed by atoms with van der Waals surface area (Å²) in [5.41, 5.74) is -1.15. The molecular formula is C8H7F3O2S. The predicted octanol–water partition coefficient (Wildman–Crippen LogP) is 1.69. The van der Waals surface area contributed by atoms with Crippen LogP contribution in [0.4, 0.5) is 13.2 Å². The van der Waals surface area contributed by atoms with Crippen molar-refractivity contribution in [2.75, 3.05) is 0 Å². The van der Waals surface area contributed by atoms with Crippen LogP contribution in [0.2, 0.25) is 0 Å². The molecular weight excluding hydrogens is 217 g/mol. The summed E-state index contributed by atoms with van der Waals surface area (Å²) in [6.45, 7) is 2.00. The molecule has 0 atom stereocenters. The summed E-state index contributed by atoms with van der Waals surface area (Å²) >= 11 is 0. The maximum atomic E-state index is 13.2. The lowest BCUT2D eigenvalue weighted by molar-refractivity contribution is 0.467. The Labute approximate surface area is 80.3 Å². The highest BCUT2D eigenvalue weighted by atomic mass is 32.2. The van der Waals surface area contributed by atoms with Crippen molar-refractivity contribution in [3.05, 3.63) is 28.6 Å². The molecule has 0 heterocycles. The summed E-state index contributed by atoms with van der Waals surface area (Å²) in [4.78, 5) is -0.781. The van der Waals surface area contributed by atoms with Crippen LogP contribution in [0, 0.1) is 31.3 Å². The Bertz CT molecular complexity index is 429. The van der Waals surface area contributed by atoms with Crippen molar-refractivity contribution in [2.45, 2.75) is 18.7 Å². The molecule has 0 aliphatic rings. The van der Waals surface area contributed by atoms with E-state index in [1.165, 1.54) is 0 Å². The second-order valence-electron chi connectivity index (χ2n) is 2.80. The normalized spacial score (nSPS) is 11.0. The monoisotopic (exact) mass is 224 g/mol. The van der Waals surface area contributed by atoms with E-state index in [1.54, 1.807) is 0 Å². The van der Waals surface area contributed by atoms with Gasteiger partial charge in [0.2, 0.25) is 0 Å². The van der Waals surface area contributed by atoms with Crippen molar-refractivity contribution in [1.29, 1.82) is 0 Å². The van der Waals surface area contributed by atoms with E-state index in [2.05, 4.69) is 0 Å². The number of halogens is 3. The van der Waals surface area contributed by atoms with Crippen LogP contribution in [0.3, 0.4) is 0 Å². The van der Waals surface area contributed by atoms with E-state index < -0.39 is 44.2 Å². The van der Waals surface area contributed by atoms with Crippen LogP contribution in [0.25, 0.3) is 0 Å². The molecule has 1 rings (SSSR count). The fourth-order valence-electron chi connectivity index (χ4n) is 1.09. The first kappa shape index (κ1) is 11.0. The van der Waals surface area contributed by atoms with Gasteiger partial charge in [-0.15, -0.1) is 0 Å². The Kier molecular flexibility index (Phi) is 2.84. The summed E-state index contributed by atoms with van der Waals surface area (Å²) in [7, 11) is -3.26. The number of hydrogen-bond acceptors (Lipinski definition) is 2. The Balaban J connectivity index is 3.77. The first-order chi connectivity index (χ1) is 6.37. The topological polar surface area (TPSA) is 34.1 Å². The highest BCUT2D eigenvalue weighted by Crippen LogP contribution is 2.24. The first-order valence-electron chi connectivity index (χ1n) is 3.66. The highest BCUT2D eigenvalue weighted by Gasteiger charge is 2.21. The van der Waals surface area contributed by atoms with Crippen LogP contribution in [0.1, 0.15) is 11.1 Å². The molecule has 6 heteroatoms. The zero-order valence-corrected chi connectivity index (χ0v) is 8.29. The number of rotatable bonds is 1. The average Bonchev–Trinajstić information content (AvgIpc) is 2.11. The number of hydrogen-bond donors (Lipinski definition) is 1. The van der Waals surface area contributed by atoms with Gasteiger partial charge in [0.25, 0.3) is 0 Å². The molecule has 0 amide bonds. The molecule has 14 heavy (non-hydrogen) atoms. The highest BCUT2D eigenvalue weighted by molar-refractivity contribution is 7.72. The third-order valence-electron chi connectivity index (χ3n) is 1.93. The summed E-state index contributed by atoms with van der Waals surface area (Å²) in [5, 5.41) is 0. The molecule has 0 bridgehead atoms. The van der Waals surface area contributed by atoms with Gasteiger partial charge < -0.3 is 0 Å². The van der Waals surface area contributed by atoms with Gasteiger partial charge in [0.1, 0.15) is 10.7 Å². The van der Waals surface area contributed by atoms with Crippen molar-refractivity contribution in [1.82, 2.24) is 0 Å². The van der Waals surface area contributed by atoms with Crippen LogP contribution in [0.5, 0.6) is 0 Å². The minimum atomic E-state index is -3.26. The van der Waals surface area contributed by atoms with Gasteiger partial charge in [-0.05, 0) is 13.8 Å². The van der Waals surface area contributed by atoms with Gasteiger partial charge in [-0.2, -0.15) is 0 Å². The number of benzene rings is 1. The second kappa shape index (κ2) is 3.61. The van der Waals surface area contributed by atoms with Crippen molar-refractivity contribution >= 4 is 10.7 Å². The van der Waals surface area contributed by atoms with Crippen LogP contribution in [0.15, 0.2) is 4.90 Å². The first-order valence-corrected chi connectivity index (χ1v) is 4.83. The molecule has 0 unspecified atom stereocenters. The lowest BCUT2D eigenvalue weighted by Crippen LogP contribution is -2.03. The minimum Gasteiger partial charge on any atom is -0.227 e. The zero-order chi connectivity index (χ0) is 11.0. The van der Waals surface area contributed by atoms with Crippen molar-refractivity contribution in [3.8, 4) is 0 Å². The predicted molar refractivity (Wildman–Crippen MR) is 44.4 cm³/mol. The Morgan fingerprint density at radius 1 is 0.857 bits per heavy atom. The van der Waals surface area contributed by atoms with E-state index >= 15 is 0 Å². The molecule has 0 saturated carbocycles. The van der Waals surface area contributed by atoms with Crippen LogP contribution < -0.4 is 0 Å². The quantitative estimate of drug-likeness (QED) is 0.581. The fraction of sp³-hybridized carbons (Fsp3) is 0.250. The molecule has 0 aliphatic carbocycles. The lowest BCUT2D eigenvalue weighted by atomic mass is 10.1. The molecule has 0 aromatic heterocycles. The van der Waals surface area contributed by atoms with Crippen molar-refractivity contribution in [2.24, 2.45) is 0 Å². The van der Waals surface area contributed by atoms with Gasteiger partial charge in [-0.3, -0.25) is 0 Å². The molecule has 2 nitrogen and oxygen atoms in total. The van der Waals surface area contributed by atoms with Gasteiger partial charge in [0.05, 0.1) is 0 Å². The van der Waals surface area contributed by atoms with E-state index in [9.17, 15) is 21.6 Å². The summed E-state index contributed by atoms with van der Waals surface area (Å²) in [6, 6.07) is 0. The fourth-order valence-corrected chi connectivity index (χ4v) is 1.79. The maximum absolute atomic E-state index is 13.2. The molecule has 1 aromatic carbocycles. The largest absolute Gasteiger partial charge is 0.227 e. The molecule has 1 aromatic rings. The lowest BCUT2D eigenvalue weighted by Gasteiger charge is -2.06. The zero-order valence-electron chi connectivity index (χ0n) is 7.40.